The summed E-state index contributed by atoms with van der Waals surface area (Å²) < 4.78 is 0. The van der Waals surface area contributed by atoms with Gasteiger partial charge in [0.25, 0.3) is 0 Å². The SMILES string of the molecule is ClCc1ccnc(-c2ccncn2)n1. The number of alkyl halides is 1. The van der Waals surface area contributed by atoms with Crippen LogP contribution in [-0.4, -0.2) is 19.9 Å². The largest absolute Gasteiger partial charge is 0.245 e. The van der Waals surface area contributed by atoms with Crippen LogP contribution in [0.1, 0.15) is 5.69 Å². The Balaban J connectivity index is 2.42. The highest BCUT2D eigenvalue weighted by molar-refractivity contribution is 6.16. The molecule has 0 saturated carbocycles. The lowest BCUT2D eigenvalue weighted by atomic mass is 10.3. The highest BCUT2D eigenvalue weighted by atomic mass is 35.5. The Labute approximate surface area is 86.0 Å². The molecule has 2 aromatic heterocycles. The molecular weight excluding hydrogens is 200 g/mol. The van der Waals surface area contributed by atoms with Gasteiger partial charge in [-0.3, -0.25) is 0 Å². The van der Waals surface area contributed by atoms with Gasteiger partial charge in [0.05, 0.1) is 11.6 Å². The van der Waals surface area contributed by atoms with Crippen LogP contribution in [0.3, 0.4) is 0 Å². The summed E-state index contributed by atoms with van der Waals surface area (Å²) in [7, 11) is 0. The molecule has 14 heavy (non-hydrogen) atoms. The van der Waals surface area contributed by atoms with Gasteiger partial charge < -0.3 is 0 Å². The van der Waals surface area contributed by atoms with Crippen molar-refractivity contribution in [2.45, 2.75) is 5.88 Å². The molecule has 70 valence electrons. The van der Waals surface area contributed by atoms with E-state index in [1.807, 2.05) is 0 Å². The normalized spacial score (nSPS) is 10.1. The van der Waals surface area contributed by atoms with E-state index in [9.17, 15) is 0 Å². The van der Waals surface area contributed by atoms with Gasteiger partial charge in [0, 0.05) is 12.4 Å². The molecule has 0 radical (unpaired) electrons. The van der Waals surface area contributed by atoms with E-state index in [2.05, 4.69) is 19.9 Å². The smallest absolute Gasteiger partial charge is 0.178 e. The fourth-order valence-electron chi connectivity index (χ4n) is 1.02. The fourth-order valence-corrected chi connectivity index (χ4v) is 1.17. The minimum absolute atomic E-state index is 0.376. The molecule has 0 bridgehead atoms. The zero-order valence-corrected chi connectivity index (χ0v) is 8.02. The molecule has 0 N–H and O–H groups in total. The molecule has 0 aliphatic rings. The standard InChI is InChI=1S/C9H7ClN4/c10-5-7-1-4-12-9(14-7)8-2-3-11-6-13-8/h1-4,6H,5H2. The predicted molar refractivity (Wildman–Crippen MR) is 52.6 cm³/mol. The Morgan fingerprint density at radius 3 is 2.79 bits per heavy atom. The van der Waals surface area contributed by atoms with E-state index in [0.717, 1.165) is 5.69 Å². The summed E-state index contributed by atoms with van der Waals surface area (Å²) in [5, 5.41) is 0. The Bertz CT molecular complexity index is 418. The monoisotopic (exact) mass is 206 g/mol. The lowest BCUT2D eigenvalue weighted by Gasteiger charge is -1.99. The molecule has 2 aromatic rings. The van der Waals surface area contributed by atoms with Crippen molar-refractivity contribution in [3.63, 3.8) is 0 Å². The maximum atomic E-state index is 5.66. The molecule has 0 aliphatic carbocycles. The van der Waals surface area contributed by atoms with Gasteiger partial charge in [0.2, 0.25) is 0 Å². The van der Waals surface area contributed by atoms with Crippen molar-refractivity contribution in [1.82, 2.24) is 19.9 Å². The van der Waals surface area contributed by atoms with E-state index in [-0.39, 0.29) is 0 Å². The molecule has 0 atom stereocenters. The lowest BCUT2D eigenvalue weighted by molar-refractivity contribution is 1.06. The van der Waals surface area contributed by atoms with Crippen molar-refractivity contribution in [2.24, 2.45) is 0 Å². The maximum Gasteiger partial charge on any atom is 0.178 e. The molecule has 0 unspecified atom stereocenters. The van der Waals surface area contributed by atoms with Gasteiger partial charge in [-0.2, -0.15) is 0 Å². The minimum Gasteiger partial charge on any atom is -0.245 e. The highest BCUT2D eigenvalue weighted by Gasteiger charge is 2.02. The first-order valence-corrected chi connectivity index (χ1v) is 4.58. The van der Waals surface area contributed by atoms with E-state index < -0.39 is 0 Å². The third-order valence-corrected chi connectivity index (χ3v) is 1.94. The topological polar surface area (TPSA) is 51.6 Å². The number of hydrogen-bond acceptors (Lipinski definition) is 4. The summed E-state index contributed by atoms with van der Waals surface area (Å²) >= 11 is 5.66. The number of halogens is 1. The summed E-state index contributed by atoms with van der Waals surface area (Å²) in [4.78, 5) is 16.2. The van der Waals surface area contributed by atoms with Crippen molar-refractivity contribution < 1.29 is 0 Å². The van der Waals surface area contributed by atoms with Crippen LogP contribution in [-0.2, 0) is 5.88 Å². The van der Waals surface area contributed by atoms with Crippen molar-refractivity contribution in [3.05, 3.63) is 36.5 Å². The molecule has 0 aromatic carbocycles. The third-order valence-electron chi connectivity index (χ3n) is 1.66. The van der Waals surface area contributed by atoms with Crippen LogP contribution < -0.4 is 0 Å². The van der Waals surface area contributed by atoms with Crippen LogP contribution in [0.2, 0.25) is 0 Å². The van der Waals surface area contributed by atoms with Gasteiger partial charge >= 0.3 is 0 Å². The van der Waals surface area contributed by atoms with Crippen LogP contribution >= 0.6 is 11.6 Å². The molecule has 0 amide bonds. The van der Waals surface area contributed by atoms with E-state index in [0.29, 0.717) is 17.4 Å². The van der Waals surface area contributed by atoms with Gasteiger partial charge in [-0.05, 0) is 12.1 Å². The van der Waals surface area contributed by atoms with E-state index in [1.54, 1.807) is 24.5 Å². The van der Waals surface area contributed by atoms with Crippen LogP contribution in [0.4, 0.5) is 0 Å². The molecule has 2 rings (SSSR count). The van der Waals surface area contributed by atoms with Gasteiger partial charge in [0.1, 0.15) is 12.0 Å². The molecule has 0 spiro atoms. The van der Waals surface area contributed by atoms with Crippen molar-refractivity contribution in [3.8, 4) is 11.5 Å². The van der Waals surface area contributed by atoms with Gasteiger partial charge in [-0.15, -0.1) is 11.6 Å². The molecular formula is C9H7ClN4. The first kappa shape index (κ1) is 9.02. The summed E-state index contributed by atoms with van der Waals surface area (Å²) in [6.45, 7) is 0. The Kier molecular flexibility index (Phi) is 2.65. The van der Waals surface area contributed by atoms with Crippen LogP contribution in [0.15, 0.2) is 30.9 Å². The van der Waals surface area contributed by atoms with Crippen LogP contribution in [0.5, 0.6) is 0 Å². The summed E-state index contributed by atoms with van der Waals surface area (Å²) in [5.41, 5.74) is 1.49. The third kappa shape index (κ3) is 1.85. The second kappa shape index (κ2) is 4.11. The Morgan fingerprint density at radius 1 is 1.14 bits per heavy atom. The summed E-state index contributed by atoms with van der Waals surface area (Å²) in [5.74, 6) is 0.950. The van der Waals surface area contributed by atoms with Crippen LogP contribution in [0, 0.1) is 0 Å². The molecule has 5 heteroatoms. The number of nitrogens with zero attached hydrogens (tertiary/aromatic N) is 4. The molecule has 0 saturated heterocycles. The van der Waals surface area contributed by atoms with Crippen molar-refractivity contribution in [1.29, 1.82) is 0 Å². The molecule has 2 heterocycles. The van der Waals surface area contributed by atoms with E-state index in [4.69, 9.17) is 11.6 Å². The predicted octanol–water partition coefficient (Wildman–Crippen LogP) is 1.67. The molecule has 0 aliphatic heterocycles. The number of hydrogen-bond donors (Lipinski definition) is 0. The van der Waals surface area contributed by atoms with E-state index in [1.165, 1.54) is 6.33 Å². The maximum absolute atomic E-state index is 5.66. The average Bonchev–Trinajstić information content (AvgIpc) is 2.30. The Hall–Kier alpha value is -1.55. The molecule has 4 nitrogen and oxygen atoms in total. The van der Waals surface area contributed by atoms with Gasteiger partial charge in [-0.1, -0.05) is 0 Å². The van der Waals surface area contributed by atoms with Crippen LogP contribution in [0.25, 0.3) is 11.5 Å². The average molecular weight is 207 g/mol. The quantitative estimate of drug-likeness (QED) is 0.702. The van der Waals surface area contributed by atoms with Gasteiger partial charge in [-0.25, -0.2) is 19.9 Å². The summed E-state index contributed by atoms with van der Waals surface area (Å²) in [6.07, 6.45) is 4.78. The Morgan fingerprint density at radius 2 is 2.07 bits per heavy atom. The fraction of sp³-hybridized carbons (Fsp3) is 0.111. The number of aromatic nitrogens is 4. The minimum atomic E-state index is 0.376. The van der Waals surface area contributed by atoms with Crippen molar-refractivity contribution >= 4 is 11.6 Å². The zero-order chi connectivity index (χ0) is 9.80. The second-order valence-corrected chi connectivity index (χ2v) is 2.87. The number of rotatable bonds is 2. The second-order valence-electron chi connectivity index (χ2n) is 2.60. The first-order valence-electron chi connectivity index (χ1n) is 4.04. The van der Waals surface area contributed by atoms with Crippen molar-refractivity contribution in [2.75, 3.05) is 0 Å². The molecule has 0 fully saturated rings. The first-order chi connectivity index (χ1) is 6.90. The van der Waals surface area contributed by atoms with Gasteiger partial charge in [0.15, 0.2) is 5.82 Å². The summed E-state index contributed by atoms with van der Waals surface area (Å²) in [6, 6.07) is 3.53. The lowest BCUT2D eigenvalue weighted by Crippen LogP contribution is -1.94. The van der Waals surface area contributed by atoms with E-state index >= 15 is 0 Å². The highest BCUT2D eigenvalue weighted by Crippen LogP contribution is 2.10. The zero-order valence-electron chi connectivity index (χ0n) is 7.26.